The van der Waals surface area contributed by atoms with Crippen LogP contribution in [0.25, 0.3) is 32.0 Å². The molecular weight excluding hydrogens is 1170 g/mol. The number of azide groups is 1. The summed E-state index contributed by atoms with van der Waals surface area (Å²) in [5.41, 5.74) is 9.17. The Morgan fingerprint density at radius 3 is 1.59 bits per heavy atom. The number of pyridine rings is 2. The predicted octanol–water partition coefficient (Wildman–Crippen LogP) is 12.6. The van der Waals surface area contributed by atoms with Crippen molar-refractivity contribution in [3.05, 3.63) is 158 Å². The summed E-state index contributed by atoms with van der Waals surface area (Å²) >= 11 is 11.9. The first-order valence-electron chi connectivity index (χ1n) is 25.3. The van der Waals surface area contributed by atoms with E-state index in [0.717, 1.165) is 21.5 Å². The minimum atomic E-state index is -2.03. The zero-order valence-electron chi connectivity index (χ0n) is 47.4. The molecule has 0 bridgehead atoms. The van der Waals surface area contributed by atoms with Gasteiger partial charge in [-0.15, -0.1) is 0 Å². The van der Waals surface area contributed by atoms with Gasteiger partial charge in [0.2, 0.25) is 0 Å². The summed E-state index contributed by atoms with van der Waals surface area (Å²) in [6, 6.07) is 25.3. The van der Waals surface area contributed by atoms with Gasteiger partial charge in [0, 0.05) is 68.1 Å². The molecule has 0 fully saturated rings. The van der Waals surface area contributed by atoms with Gasteiger partial charge < -0.3 is 39.1 Å². The Morgan fingerprint density at radius 1 is 0.687 bits per heavy atom. The molecule has 83 heavy (non-hydrogen) atoms. The number of ether oxygens (including phenoxy) is 3. The van der Waals surface area contributed by atoms with Crippen molar-refractivity contribution in [2.24, 2.45) is 5.11 Å². The lowest BCUT2D eigenvalue weighted by Gasteiger charge is -2.38. The number of hydrogen-bond donors (Lipinski definition) is 3. The van der Waals surface area contributed by atoms with Crippen molar-refractivity contribution in [2.45, 2.75) is 89.8 Å². The van der Waals surface area contributed by atoms with Gasteiger partial charge in [-0.25, -0.2) is 28.1 Å². The molecule has 20 nitrogen and oxygen atoms in total. The highest BCUT2D eigenvalue weighted by Gasteiger charge is 2.38. The van der Waals surface area contributed by atoms with Crippen molar-refractivity contribution < 1.29 is 56.2 Å². The maximum Gasteiger partial charge on any atom is 0.412 e. The van der Waals surface area contributed by atoms with Crippen LogP contribution in [0.4, 0.5) is 29.0 Å². The topological polar surface area (TPSA) is 256 Å². The molecule has 2 aromatic heterocycles. The van der Waals surface area contributed by atoms with Crippen molar-refractivity contribution in [2.75, 3.05) is 46.8 Å². The summed E-state index contributed by atoms with van der Waals surface area (Å²) in [6.07, 6.45) is 3.22. The number of esters is 2. The fourth-order valence-electron chi connectivity index (χ4n) is 7.12. The summed E-state index contributed by atoms with van der Waals surface area (Å²) in [6.45, 7) is 10.9. The molecule has 0 aliphatic carbocycles. The molecular formula is C56H70Cl2F2N10O10S2Si. The van der Waals surface area contributed by atoms with E-state index in [9.17, 15) is 37.5 Å². The second kappa shape index (κ2) is 35.0. The molecule has 0 spiro atoms. The number of rotatable bonds is 19. The number of likely N-dealkylation sites (N-methyl/N-ethyl adjacent to an activating group) is 2. The van der Waals surface area contributed by atoms with E-state index >= 15 is 0 Å². The predicted molar refractivity (Wildman–Crippen MR) is 329 cm³/mol. The van der Waals surface area contributed by atoms with E-state index in [4.69, 9.17) is 42.6 Å². The number of methoxy groups -OCH3 is 2. The lowest BCUT2D eigenvalue weighted by atomic mass is 10.1. The Hall–Kier alpha value is -7.25. The van der Waals surface area contributed by atoms with Gasteiger partial charge in [-0.2, -0.15) is 27.0 Å². The number of nitrogens with zero attached hydrogens (tertiary/aromatic N) is 7. The summed E-state index contributed by atoms with van der Waals surface area (Å²) in [7, 11) is 3.71. The van der Waals surface area contributed by atoms with Crippen molar-refractivity contribution in [1.29, 1.82) is 0 Å². The van der Waals surface area contributed by atoms with Crippen LogP contribution in [0.1, 0.15) is 68.1 Å². The Bertz CT molecular complexity index is 3220. The lowest BCUT2D eigenvalue weighted by Crippen LogP contribution is -2.49. The van der Waals surface area contributed by atoms with Crippen LogP contribution < -0.4 is 16.0 Å². The summed E-state index contributed by atoms with van der Waals surface area (Å²) in [5, 5.41) is 14.5. The normalized spacial score (nSPS) is 11.4. The van der Waals surface area contributed by atoms with Crippen LogP contribution in [0.2, 0.25) is 28.2 Å². The van der Waals surface area contributed by atoms with Crippen molar-refractivity contribution in [3.8, 4) is 0 Å². The molecule has 0 radical (unpaired) electrons. The van der Waals surface area contributed by atoms with Crippen LogP contribution in [-0.2, 0) is 41.3 Å². The number of benzene rings is 4. The molecule has 4 aromatic carbocycles. The molecule has 6 aromatic rings. The first-order chi connectivity index (χ1) is 38.4. The van der Waals surface area contributed by atoms with E-state index < -0.39 is 50.0 Å². The first kappa shape index (κ1) is 71.9. The van der Waals surface area contributed by atoms with Gasteiger partial charge in [0.15, 0.2) is 8.32 Å². The first-order valence-corrected chi connectivity index (χ1v) is 28.9. The molecule has 2 atom stereocenters. The molecule has 27 heteroatoms. The van der Waals surface area contributed by atoms with Gasteiger partial charge in [0.25, 0.3) is 5.91 Å². The third kappa shape index (κ3) is 22.8. The second-order valence-electron chi connectivity index (χ2n) is 19.6. The standard InChI is InChI=1S/C25H26ClFN4O5.C21H34ClFN2O4Si.C10H6N4O.2H2S/c1-31(24(33)29-14-18-8-5-9-20(27)23(18)26)19(10-11-22(32)35-2)15-36-25(34)30-21-12-16-6-3-4-7-17(16)13-28-21;1-21(2,3)30(6,7)29-14-16(11-12-18(26)28-5)25(4)20(27)24-13-15-9-8-10-17(23)19(15)22;11-14-13-10(15)9-5-7-3-1-2-4-8(7)6-12-9;;/h3-9,12-13,19H,10-11,14-15H2,1-2H3,(H,29,33)(H,28,30,34);8-10,16H,11-14H2,1-7H3,(H,24,27);1-6H;2*1H2/t19-;16-;;;/m00.../s1. The SMILES string of the molecule is COC(=O)CC[C@@H](COC(=O)Nc1cc2ccccc2cn1)N(C)C(=O)NCc1cccc(F)c1Cl.COC(=O)CC[C@@H](CO[Si](C)(C)C(C)(C)C)N(C)C(=O)NCc1cccc(F)c1Cl.S.S.[N-]=[N+]=NC(=O)c1cc2ccccc2cn1. The smallest absolute Gasteiger partial charge is 0.412 e. The van der Waals surface area contributed by atoms with E-state index in [0.29, 0.717) is 30.0 Å². The number of halogens is 4. The monoisotopic (exact) mass is 1240 g/mol. The van der Waals surface area contributed by atoms with Crippen molar-refractivity contribution >= 4 is 122 Å². The number of fused-ring (bicyclic) bond motifs is 2. The number of anilines is 1. The van der Waals surface area contributed by atoms with Crippen LogP contribution in [0, 0.1) is 11.6 Å². The third-order valence-corrected chi connectivity index (χ3v) is 18.5. The van der Waals surface area contributed by atoms with Crippen LogP contribution in [0.5, 0.6) is 0 Å². The Labute approximate surface area is 505 Å². The molecule has 0 aliphatic rings. The van der Waals surface area contributed by atoms with Crippen LogP contribution in [-0.4, -0.2) is 118 Å². The zero-order valence-corrected chi connectivity index (χ0v) is 51.9. The fraction of sp³-hybridized carbons (Fsp3) is 0.357. The third-order valence-electron chi connectivity index (χ3n) is 13.2. The molecule has 448 valence electrons. The van der Waals surface area contributed by atoms with E-state index in [-0.39, 0.29) is 105 Å². The molecule has 6 amide bonds. The highest BCUT2D eigenvalue weighted by atomic mass is 35.5. The largest absolute Gasteiger partial charge is 0.469 e. The number of urea groups is 2. The zero-order chi connectivity index (χ0) is 59.9. The molecule has 3 N–H and O–H groups in total. The minimum Gasteiger partial charge on any atom is -0.469 e. The van der Waals surface area contributed by atoms with E-state index in [1.165, 1.54) is 49.3 Å². The average molecular weight is 1240 g/mol. The van der Waals surface area contributed by atoms with Crippen molar-refractivity contribution in [3.63, 3.8) is 0 Å². The van der Waals surface area contributed by atoms with E-state index in [2.05, 4.69) is 74.5 Å². The molecule has 0 unspecified atom stereocenters. The summed E-state index contributed by atoms with van der Waals surface area (Å²) in [4.78, 5) is 85.7. The van der Waals surface area contributed by atoms with Gasteiger partial charge in [-0.3, -0.25) is 24.7 Å². The van der Waals surface area contributed by atoms with Gasteiger partial charge in [-0.05, 0) is 87.8 Å². The Kier molecular flexibility index (Phi) is 30.3. The lowest BCUT2D eigenvalue weighted by molar-refractivity contribution is -0.141. The number of aromatic nitrogens is 2. The highest BCUT2D eigenvalue weighted by Crippen LogP contribution is 2.37. The van der Waals surface area contributed by atoms with Gasteiger partial charge >= 0.3 is 30.1 Å². The number of carbonyl (C=O) groups is 6. The second-order valence-corrected chi connectivity index (χ2v) is 25.2. The Balaban J connectivity index is 0.000000451. The molecule has 6 rings (SSSR count). The maximum absolute atomic E-state index is 13.7. The van der Waals surface area contributed by atoms with Gasteiger partial charge in [0.05, 0.1) is 43.0 Å². The molecule has 0 saturated carbocycles. The van der Waals surface area contributed by atoms with Gasteiger partial charge in [0.1, 0.15) is 29.8 Å². The number of carbonyl (C=O) groups excluding carboxylic acids is 6. The minimum absolute atomic E-state index is 0. The Morgan fingerprint density at radius 2 is 1.13 bits per heavy atom. The van der Waals surface area contributed by atoms with Crippen molar-refractivity contribution in [1.82, 2.24) is 30.4 Å². The molecule has 0 saturated heterocycles. The number of hydrogen-bond acceptors (Lipinski definition) is 12. The van der Waals surface area contributed by atoms with E-state index in [1.54, 1.807) is 49.8 Å². The quantitative estimate of drug-likeness (QED) is 0.0171. The number of amides is 6. The number of nitrogens with one attached hydrogen (secondary N) is 3. The fourth-order valence-corrected chi connectivity index (χ4v) is 8.55. The van der Waals surface area contributed by atoms with Crippen LogP contribution in [0.3, 0.4) is 0 Å². The molecule has 2 heterocycles. The average Bonchev–Trinajstić information content (AvgIpc) is 3.46. The van der Waals surface area contributed by atoms with Crippen LogP contribution >= 0.6 is 50.2 Å². The van der Waals surface area contributed by atoms with Gasteiger partial charge in [-0.1, -0.05) is 117 Å². The van der Waals surface area contributed by atoms with E-state index in [1.807, 2.05) is 48.5 Å². The highest BCUT2D eigenvalue weighted by molar-refractivity contribution is 7.59. The summed E-state index contributed by atoms with van der Waals surface area (Å²) < 4.78 is 48.3. The molecule has 0 aliphatic heterocycles. The summed E-state index contributed by atoms with van der Waals surface area (Å²) in [5.74, 6) is -2.28. The maximum atomic E-state index is 13.7. The van der Waals surface area contributed by atoms with Crippen LogP contribution in [0.15, 0.2) is 115 Å².